The van der Waals surface area contributed by atoms with Crippen LogP contribution in [0.15, 0.2) is 24.3 Å². The number of benzene rings is 1. The van der Waals surface area contributed by atoms with Gasteiger partial charge in [0.2, 0.25) is 0 Å². The Morgan fingerprint density at radius 2 is 1.82 bits per heavy atom. The Labute approximate surface area is 168 Å². The number of nitrogens with zero attached hydrogens (tertiary/aromatic N) is 1. The maximum atomic E-state index is 12.8. The maximum absolute atomic E-state index is 12.8. The normalized spacial score (nSPS) is 16.1. The van der Waals surface area contributed by atoms with Gasteiger partial charge in [-0.05, 0) is 62.8 Å². The van der Waals surface area contributed by atoms with E-state index in [4.69, 9.17) is 9.47 Å². The zero-order valence-corrected chi connectivity index (χ0v) is 17.6. The minimum absolute atomic E-state index is 0.0207. The summed E-state index contributed by atoms with van der Waals surface area (Å²) in [6.45, 7) is 10.3. The van der Waals surface area contributed by atoms with Crippen molar-refractivity contribution in [3.8, 4) is 5.75 Å². The fourth-order valence-corrected chi connectivity index (χ4v) is 3.42. The minimum Gasteiger partial charge on any atom is -0.484 e. The lowest BCUT2D eigenvalue weighted by atomic mass is 9.93. The van der Waals surface area contributed by atoms with Crippen molar-refractivity contribution in [2.24, 2.45) is 5.92 Å². The van der Waals surface area contributed by atoms with E-state index < -0.39 is 5.60 Å². The highest BCUT2D eigenvalue weighted by atomic mass is 16.5. The van der Waals surface area contributed by atoms with Gasteiger partial charge in [0.1, 0.15) is 11.4 Å². The van der Waals surface area contributed by atoms with Crippen LogP contribution in [0.25, 0.3) is 0 Å². The number of hydrogen-bond donors (Lipinski definition) is 1. The number of carbonyl (C=O) groups excluding carboxylic acids is 2. The Kier molecular flexibility index (Phi) is 8.30. The molecule has 0 aliphatic carbocycles. The molecule has 1 heterocycles. The van der Waals surface area contributed by atoms with Crippen molar-refractivity contribution in [1.29, 1.82) is 0 Å². The Hall–Kier alpha value is -2.08. The third-order valence-corrected chi connectivity index (χ3v) is 4.84. The number of carbonyl (C=O) groups is 2. The molecule has 0 radical (unpaired) electrons. The van der Waals surface area contributed by atoms with Gasteiger partial charge in [0.05, 0.1) is 0 Å². The van der Waals surface area contributed by atoms with Gasteiger partial charge in [0.15, 0.2) is 6.61 Å². The van der Waals surface area contributed by atoms with Crippen molar-refractivity contribution in [3.05, 3.63) is 24.3 Å². The summed E-state index contributed by atoms with van der Waals surface area (Å²) in [5, 5.41) is 2.94. The van der Waals surface area contributed by atoms with E-state index in [-0.39, 0.29) is 18.4 Å². The fraction of sp³-hybridized carbons (Fsp3) is 0.636. The van der Waals surface area contributed by atoms with E-state index in [2.05, 4.69) is 19.2 Å². The summed E-state index contributed by atoms with van der Waals surface area (Å²) in [7, 11) is 0. The van der Waals surface area contributed by atoms with Gasteiger partial charge in [-0.2, -0.15) is 0 Å². The Bertz CT molecular complexity index is 638. The molecule has 1 unspecified atom stereocenters. The van der Waals surface area contributed by atoms with Crippen LogP contribution in [-0.4, -0.2) is 48.6 Å². The summed E-state index contributed by atoms with van der Waals surface area (Å²) in [4.78, 5) is 26.7. The van der Waals surface area contributed by atoms with Crippen molar-refractivity contribution in [1.82, 2.24) is 4.90 Å². The molecule has 28 heavy (non-hydrogen) atoms. The first-order valence-electron chi connectivity index (χ1n) is 10.3. The third kappa shape index (κ3) is 6.51. The Morgan fingerprint density at radius 3 is 2.39 bits per heavy atom. The number of hydrogen-bond acceptors (Lipinski definition) is 4. The number of rotatable bonds is 10. The molecule has 0 aromatic heterocycles. The molecule has 1 atom stereocenters. The van der Waals surface area contributed by atoms with Crippen LogP contribution in [0.2, 0.25) is 0 Å². The van der Waals surface area contributed by atoms with Crippen molar-refractivity contribution in [2.75, 3.05) is 31.6 Å². The van der Waals surface area contributed by atoms with Gasteiger partial charge in [-0.15, -0.1) is 0 Å². The monoisotopic (exact) mass is 390 g/mol. The van der Waals surface area contributed by atoms with Gasteiger partial charge in [0, 0.05) is 25.4 Å². The molecule has 6 heteroatoms. The average Bonchev–Trinajstić information content (AvgIpc) is 3.20. The van der Waals surface area contributed by atoms with Gasteiger partial charge in [-0.3, -0.25) is 9.59 Å². The highest BCUT2D eigenvalue weighted by Gasteiger charge is 2.34. The molecule has 1 aliphatic heterocycles. The lowest BCUT2D eigenvalue weighted by Gasteiger charge is -2.30. The van der Waals surface area contributed by atoms with Crippen LogP contribution >= 0.6 is 0 Å². The van der Waals surface area contributed by atoms with E-state index in [1.165, 1.54) is 0 Å². The lowest BCUT2D eigenvalue weighted by molar-refractivity contribution is -0.141. The quantitative estimate of drug-likeness (QED) is 0.659. The van der Waals surface area contributed by atoms with Gasteiger partial charge >= 0.3 is 0 Å². The number of amides is 2. The Morgan fingerprint density at radius 1 is 1.18 bits per heavy atom. The topological polar surface area (TPSA) is 67.9 Å². The molecule has 1 aromatic rings. The van der Waals surface area contributed by atoms with Crippen molar-refractivity contribution in [3.63, 3.8) is 0 Å². The fourth-order valence-electron chi connectivity index (χ4n) is 3.42. The first-order chi connectivity index (χ1) is 13.3. The number of likely N-dealkylation sites (tertiary alicyclic amines) is 1. The molecule has 6 nitrogen and oxygen atoms in total. The molecule has 0 bridgehead atoms. The summed E-state index contributed by atoms with van der Waals surface area (Å²) in [6.07, 6.45) is 3.65. The summed E-state index contributed by atoms with van der Waals surface area (Å²) >= 11 is 0. The maximum Gasteiger partial charge on any atom is 0.260 e. The second-order valence-electron chi connectivity index (χ2n) is 8.03. The molecule has 2 rings (SSSR count). The SMILES string of the molecule is CCCOC(C)(CC(C)C)C(=O)Nc1ccc(OCC(=O)N2CCCC2)cc1. The van der Waals surface area contributed by atoms with E-state index in [0.717, 1.165) is 32.4 Å². The standard InChI is InChI=1S/C22H34N2O4/c1-5-14-28-22(4,15-17(2)3)21(26)23-18-8-10-19(11-9-18)27-16-20(25)24-12-6-7-13-24/h8-11,17H,5-7,12-16H2,1-4H3,(H,23,26). The molecular weight excluding hydrogens is 356 g/mol. The summed E-state index contributed by atoms with van der Waals surface area (Å²) in [6, 6.07) is 7.09. The molecule has 0 saturated carbocycles. The van der Waals surface area contributed by atoms with Gasteiger partial charge < -0.3 is 19.7 Å². The van der Waals surface area contributed by atoms with Gasteiger partial charge in [-0.25, -0.2) is 0 Å². The first kappa shape index (κ1) is 22.2. The predicted molar refractivity (Wildman–Crippen MR) is 110 cm³/mol. The van der Waals surface area contributed by atoms with E-state index in [9.17, 15) is 9.59 Å². The first-order valence-corrected chi connectivity index (χ1v) is 10.3. The van der Waals surface area contributed by atoms with E-state index >= 15 is 0 Å². The molecule has 0 spiro atoms. The smallest absolute Gasteiger partial charge is 0.260 e. The minimum atomic E-state index is -0.860. The van der Waals surface area contributed by atoms with Crippen molar-refractivity contribution in [2.45, 2.75) is 59.0 Å². The highest BCUT2D eigenvalue weighted by Crippen LogP contribution is 2.24. The average molecular weight is 391 g/mol. The summed E-state index contributed by atoms with van der Waals surface area (Å²) in [5.41, 5.74) is -0.181. The van der Waals surface area contributed by atoms with Crippen LogP contribution in [-0.2, 0) is 14.3 Å². The van der Waals surface area contributed by atoms with Crippen LogP contribution in [0.3, 0.4) is 0 Å². The molecule has 1 aliphatic rings. The molecule has 1 saturated heterocycles. The summed E-state index contributed by atoms with van der Waals surface area (Å²) < 4.78 is 11.5. The van der Waals surface area contributed by atoms with Crippen molar-refractivity contribution >= 4 is 17.5 Å². The number of anilines is 1. The van der Waals surface area contributed by atoms with Crippen molar-refractivity contribution < 1.29 is 19.1 Å². The third-order valence-electron chi connectivity index (χ3n) is 4.84. The van der Waals surface area contributed by atoms with Crippen LogP contribution in [0.5, 0.6) is 5.75 Å². The van der Waals surface area contributed by atoms with Gasteiger partial charge in [-0.1, -0.05) is 20.8 Å². The number of nitrogens with one attached hydrogen (secondary N) is 1. The molecule has 2 amide bonds. The van der Waals surface area contributed by atoms with E-state index in [0.29, 0.717) is 30.4 Å². The van der Waals surface area contributed by atoms with Crippen LogP contribution in [0.4, 0.5) is 5.69 Å². The zero-order chi connectivity index (χ0) is 20.6. The van der Waals surface area contributed by atoms with E-state index in [1.54, 1.807) is 24.3 Å². The Balaban J connectivity index is 1.90. The molecule has 156 valence electrons. The van der Waals surface area contributed by atoms with Gasteiger partial charge in [0.25, 0.3) is 11.8 Å². The van der Waals surface area contributed by atoms with E-state index in [1.807, 2.05) is 18.7 Å². The number of ether oxygens (including phenoxy) is 2. The van der Waals surface area contributed by atoms with Crippen LogP contribution in [0, 0.1) is 5.92 Å². The largest absolute Gasteiger partial charge is 0.484 e. The second kappa shape index (κ2) is 10.5. The second-order valence-corrected chi connectivity index (χ2v) is 8.03. The molecule has 1 aromatic carbocycles. The molecule has 1 N–H and O–H groups in total. The van der Waals surface area contributed by atoms with Crippen LogP contribution < -0.4 is 10.1 Å². The lowest BCUT2D eigenvalue weighted by Crippen LogP contribution is -2.44. The molecular formula is C22H34N2O4. The van der Waals surface area contributed by atoms with Crippen LogP contribution in [0.1, 0.15) is 53.4 Å². The highest BCUT2D eigenvalue weighted by molar-refractivity contribution is 5.97. The molecule has 1 fully saturated rings. The summed E-state index contributed by atoms with van der Waals surface area (Å²) in [5.74, 6) is 0.828. The predicted octanol–water partition coefficient (Wildman–Crippen LogP) is 3.86. The zero-order valence-electron chi connectivity index (χ0n) is 17.6.